The molecule has 0 amide bonds. The number of carbonyl (C=O) groups excluding carboxylic acids is 3. The Kier molecular flexibility index (Phi) is 47.9. The quantitative estimate of drug-likeness (QED) is 0.0199. The van der Waals surface area contributed by atoms with Crippen LogP contribution in [0.2, 0.25) is 0 Å². The molecular formula is C56H96O6. The molecule has 0 saturated heterocycles. The van der Waals surface area contributed by atoms with Gasteiger partial charge in [0.05, 0.1) is 0 Å². The lowest BCUT2D eigenvalue weighted by Gasteiger charge is -2.18. The molecule has 0 fully saturated rings. The molecule has 0 bridgehead atoms. The van der Waals surface area contributed by atoms with Crippen LogP contribution in [-0.2, 0) is 28.6 Å². The molecule has 0 heterocycles. The van der Waals surface area contributed by atoms with Crippen LogP contribution in [0.3, 0.4) is 0 Å². The number of hydrogen-bond acceptors (Lipinski definition) is 6. The van der Waals surface area contributed by atoms with Crippen LogP contribution in [0.15, 0.2) is 72.9 Å². The second-order valence-electron chi connectivity index (χ2n) is 17.2. The zero-order valence-corrected chi connectivity index (χ0v) is 40.6. The lowest BCUT2D eigenvalue weighted by atomic mass is 10.1. The number of esters is 3. The minimum absolute atomic E-state index is 0.0845. The van der Waals surface area contributed by atoms with Gasteiger partial charge in [0, 0.05) is 19.3 Å². The van der Waals surface area contributed by atoms with Crippen molar-refractivity contribution in [3.05, 3.63) is 72.9 Å². The Hall–Kier alpha value is -3.15. The van der Waals surface area contributed by atoms with Gasteiger partial charge in [-0.1, -0.05) is 235 Å². The highest BCUT2D eigenvalue weighted by atomic mass is 16.6. The molecule has 6 nitrogen and oxygen atoms in total. The second kappa shape index (κ2) is 50.5. The van der Waals surface area contributed by atoms with E-state index < -0.39 is 6.10 Å². The summed E-state index contributed by atoms with van der Waals surface area (Å²) in [5, 5.41) is 0. The van der Waals surface area contributed by atoms with Crippen LogP contribution in [0, 0.1) is 0 Å². The molecule has 1 atom stereocenters. The van der Waals surface area contributed by atoms with Gasteiger partial charge in [0.1, 0.15) is 13.2 Å². The van der Waals surface area contributed by atoms with Gasteiger partial charge < -0.3 is 14.2 Å². The molecule has 62 heavy (non-hydrogen) atoms. The molecule has 0 aliphatic carbocycles. The molecule has 0 spiro atoms. The Morgan fingerprint density at radius 1 is 0.323 bits per heavy atom. The summed E-state index contributed by atoms with van der Waals surface area (Å²) in [5.41, 5.74) is 0. The van der Waals surface area contributed by atoms with E-state index >= 15 is 0 Å². The van der Waals surface area contributed by atoms with Crippen molar-refractivity contribution < 1.29 is 28.6 Å². The van der Waals surface area contributed by atoms with Crippen molar-refractivity contribution in [2.75, 3.05) is 13.2 Å². The monoisotopic (exact) mass is 865 g/mol. The minimum atomic E-state index is -0.785. The van der Waals surface area contributed by atoms with E-state index in [9.17, 15) is 14.4 Å². The lowest BCUT2D eigenvalue weighted by molar-refractivity contribution is -0.167. The van der Waals surface area contributed by atoms with Gasteiger partial charge in [0.15, 0.2) is 6.10 Å². The summed E-state index contributed by atoms with van der Waals surface area (Å²) in [5.74, 6) is -0.915. The van der Waals surface area contributed by atoms with Crippen LogP contribution in [0.25, 0.3) is 0 Å². The molecule has 0 aliphatic heterocycles. The predicted octanol–water partition coefficient (Wildman–Crippen LogP) is 17.0. The highest BCUT2D eigenvalue weighted by Crippen LogP contribution is 2.14. The summed E-state index contributed by atoms with van der Waals surface area (Å²) < 4.78 is 16.8. The van der Waals surface area contributed by atoms with Gasteiger partial charge in [-0.3, -0.25) is 14.4 Å². The number of rotatable bonds is 46. The molecule has 0 aliphatic rings. The molecule has 0 rings (SSSR count). The zero-order valence-electron chi connectivity index (χ0n) is 40.6. The summed E-state index contributed by atoms with van der Waals surface area (Å²) in [6.45, 7) is 6.50. The highest BCUT2D eigenvalue weighted by Gasteiger charge is 2.19. The van der Waals surface area contributed by atoms with Crippen LogP contribution < -0.4 is 0 Å². The molecule has 1 unspecified atom stereocenters. The van der Waals surface area contributed by atoms with Crippen LogP contribution in [0.1, 0.15) is 245 Å². The molecule has 356 valence electrons. The average Bonchev–Trinajstić information content (AvgIpc) is 3.27. The van der Waals surface area contributed by atoms with Crippen LogP contribution in [0.4, 0.5) is 0 Å². The Labute approximate surface area is 382 Å². The second-order valence-corrected chi connectivity index (χ2v) is 17.2. The fraction of sp³-hybridized carbons (Fsp3) is 0.732. The number of carbonyl (C=O) groups is 3. The van der Waals surface area contributed by atoms with Gasteiger partial charge in [0.2, 0.25) is 0 Å². The number of hydrogen-bond donors (Lipinski definition) is 0. The third kappa shape index (κ3) is 47.9. The van der Waals surface area contributed by atoms with Crippen LogP contribution in [0.5, 0.6) is 0 Å². The third-order valence-electron chi connectivity index (χ3n) is 11.0. The lowest BCUT2D eigenvalue weighted by Crippen LogP contribution is -2.30. The SMILES string of the molecule is CCC\C=C/C=C\C=C/C=C\C=C/CCCCCCCC(=O)OCC(COC(=O)CCCCCCCCCCC)OC(=O)CCCCCCCCC/C=C\CCCCCCCC. The standard InChI is InChI=1S/C56H96O6/c1-4-7-10-13-16-19-21-23-25-27-29-30-32-34-37-40-43-46-49-55(58)61-52-53(51-60-54(57)48-45-42-39-36-18-15-12-9-6-3)62-56(59)50-47-44-41-38-35-33-31-28-26-24-22-20-17-14-11-8-5-2/h10,13,16,19,21,23-27,29-30,53H,4-9,11-12,14-15,17-18,20,22,28,31-52H2,1-3H3/b13-10-,19-16-,23-21-,26-24-,27-25-,30-29-. The predicted molar refractivity (Wildman–Crippen MR) is 265 cm³/mol. The molecular weight excluding hydrogens is 769 g/mol. The Balaban J connectivity index is 4.38. The summed E-state index contributed by atoms with van der Waals surface area (Å²) in [6.07, 6.45) is 63.1. The average molecular weight is 865 g/mol. The first-order valence-electron chi connectivity index (χ1n) is 26.0. The molecule has 0 aromatic heterocycles. The topological polar surface area (TPSA) is 78.9 Å². The van der Waals surface area contributed by atoms with E-state index in [1.807, 2.05) is 24.3 Å². The first-order chi connectivity index (χ1) is 30.5. The summed E-state index contributed by atoms with van der Waals surface area (Å²) >= 11 is 0. The first-order valence-corrected chi connectivity index (χ1v) is 26.0. The van der Waals surface area contributed by atoms with Crippen molar-refractivity contribution in [2.45, 2.75) is 252 Å². The molecule has 0 aromatic carbocycles. The molecule has 6 heteroatoms. The fourth-order valence-corrected chi connectivity index (χ4v) is 7.11. The highest BCUT2D eigenvalue weighted by molar-refractivity contribution is 5.71. The maximum Gasteiger partial charge on any atom is 0.306 e. The van der Waals surface area contributed by atoms with Gasteiger partial charge >= 0.3 is 17.9 Å². The molecule has 0 aromatic rings. The summed E-state index contributed by atoms with van der Waals surface area (Å²) in [7, 11) is 0. The Morgan fingerprint density at radius 2 is 0.629 bits per heavy atom. The fourth-order valence-electron chi connectivity index (χ4n) is 7.11. The van der Waals surface area contributed by atoms with Crippen LogP contribution in [-0.4, -0.2) is 37.2 Å². The number of unbranched alkanes of at least 4 members (excludes halogenated alkanes) is 27. The van der Waals surface area contributed by atoms with E-state index in [1.165, 1.54) is 122 Å². The van der Waals surface area contributed by atoms with Gasteiger partial charge in [-0.2, -0.15) is 0 Å². The van der Waals surface area contributed by atoms with E-state index in [2.05, 4.69) is 69.4 Å². The van der Waals surface area contributed by atoms with E-state index in [1.54, 1.807) is 0 Å². The minimum Gasteiger partial charge on any atom is -0.462 e. The maximum atomic E-state index is 12.8. The van der Waals surface area contributed by atoms with E-state index in [0.29, 0.717) is 19.3 Å². The van der Waals surface area contributed by atoms with E-state index in [-0.39, 0.29) is 31.1 Å². The van der Waals surface area contributed by atoms with Gasteiger partial charge in [-0.15, -0.1) is 0 Å². The Bertz CT molecular complexity index is 1180. The summed E-state index contributed by atoms with van der Waals surface area (Å²) in [4.78, 5) is 37.9. The van der Waals surface area contributed by atoms with Crippen molar-refractivity contribution in [3.63, 3.8) is 0 Å². The molecule has 0 N–H and O–H groups in total. The molecule has 0 saturated carbocycles. The zero-order chi connectivity index (χ0) is 45.1. The van der Waals surface area contributed by atoms with E-state index in [4.69, 9.17) is 14.2 Å². The smallest absolute Gasteiger partial charge is 0.306 e. The largest absolute Gasteiger partial charge is 0.462 e. The normalized spacial score (nSPS) is 12.6. The van der Waals surface area contributed by atoms with Gasteiger partial charge in [-0.25, -0.2) is 0 Å². The van der Waals surface area contributed by atoms with Crippen LogP contribution >= 0.6 is 0 Å². The third-order valence-corrected chi connectivity index (χ3v) is 11.0. The Morgan fingerprint density at radius 3 is 1.02 bits per heavy atom. The number of ether oxygens (including phenoxy) is 3. The van der Waals surface area contributed by atoms with Gasteiger partial charge in [0.25, 0.3) is 0 Å². The summed E-state index contributed by atoms with van der Waals surface area (Å²) in [6, 6.07) is 0. The first kappa shape index (κ1) is 58.9. The molecule has 0 radical (unpaired) electrons. The van der Waals surface area contributed by atoms with Crippen molar-refractivity contribution in [3.8, 4) is 0 Å². The number of allylic oxidation sites excluding steroid dienone is 12. The van der Waals surface area contributed by atoms with Crippen molar-refractivity contribution >= 4 is 17.9 Å². The van der Waals surface area contributed by atoms with Crippen molar-refractivity contribution in [2.24, 2.45) is 0 Å². The van der Waals surface area contributed by atoms with Crippen molar-refractivity contribution in [1.29, 1.82) is 0 Å². The van der Waals surface area contributed by atoms with Crippen molar-refractivity contribution in [1.82, 2.24) is 0 Å². The van der Waals surface area contributed by atoms with E-state index in [0.717, 1.165) is 83.5 Å². The van der Waals surface area contributed by atoms with Gasteiger partial charge in [-0.05, 0) is 64.2 Å². The maximum absolute atomic E-state index is 12.8.